The summed E-state index contributed by atoms with van der Waals surface area (Å²) in [5.41, 5.74) is -3.98. The first kappa shape index (κ1) is 40.4. The van der Waals surface area contributed by atoms with Crippen molar-refractivity contribution in [2.45, 2.75) is 51.0 Å². The second kappa shape index (κ2) is 16.5. The molecule has 2 heterocycles. The molecule has 0 saturated heterocycles. The van der Waals surface area contributed by atoms with Gasteiger partial charge < -0.3 is 39.7 Å². The number of nitrogens with one attached hydrogen (secondary N) is 3. The van der Waals surface area contributed by atoms with Crippen molar-refractivity contribution in [1.29, 1.82) is 0 Å². The van der Waals surface area contributed by atoms with Gasteiger partial charge in [0.15, 0.2) is 11.6 Å². The van der Waals surface area contributed by atoms with Crippen LogP contribution in [0.5, 0.6) is 11.5 Å². The number of amides is 3. The zero-order chi connectivity index (χ0) is 40.0. The van der Waals surface area contributed by atoms with Crippen LogP contribution in [0.2, 0.25) is 0 Å². The number of carbonyl (C=O) groups excluding carboxylic acids is 8. The third kappa shape index (κ3) is 7.16. The molecule has 3 aliphatic rings. The van der Waals surface area contributed by atoms with Crippen LogP contribution in [0, 0.1) is 11.8 Å². The first-order chi connectivity index (χ1) is 25.6. The first-order valence-electron chi connectivity index (χ1n) is 16.8. The van der Waals surface area contributed by atoms with E-state index in [0.717, 1.165) is 14.2 Å². The van der Waals surface area contributed by atoms with Gasteiger partial charge in [0.25, 0.3) is 17.7 Å². The predicted molar refractivity (Wildman–Crippen MR) is 191 cm³/mol. The van der Waals surface area contributed by atoms with Crippen LogP contribution in [0.3, 0.4) is 0 Å². The molecule has 2 aliphatic heterocycles. The highest BCUT2D eigenvalue weighted by Crippen LogP contribution is 2.63. The Morgan fingerprint density at radius 3 is 1.33 bits per heavy atom. The number of methoxy groups -OCH3 is 2. The number of carbonyl (C=O) groups is 8. The molecular formula is C39H41N3O12. The van der Waals surface area contributed by atoms with Crippen molar-refractivity contribution in [3.05, 3.63) is 95.6 Å². The molecule has 15 nitrogen and oxygen atoms in total. The SMILES string of the molecule is CC(C)=O.CNC(=O)c1ccccc1.COC(=O)[C@H](C)NC(=O)[C@]12Oc3ccccc3C(=O)[C@H]1[C@@H]1C(=O)c3ccccc3O[C@@]12C(=O)N[C@@H](C)C(=O)OC. The van der Waals surface area contributed by atoms with E-state index in [1.165, 1.54) is 52.0 Å². The van der Waals surface area contributed by atoms with Crippen molar-refractivity contribution < 1.29 is 57.3 Å². The van der Waals surface area contributed by atoms with E-state index < -0.39 is 70.4 Å². The number of Topliss-reactive ketones (excluding diaryl/α,β-unsaturated/α-hetero) is 3. The molecule has 3 N–H and O–H groups in total. The highest BCUT2D eigenvalue weighted by atomic mass is 16.6. The van der Waals surface area contributed by atoms with Crippen LogP contribution < -0.4 is 25.4 Å². The number of fused-ring (bicyclic) bond motifs is 6. The van der Waals surface area contributed by atoms with Crippen LogP contribution in [-0.2, 0) is 33.4 Å². The number of benzene rings is 3. The van der Waals surface area contributed by atoms with Crippen molar-refractivity contribution in [2.24, 2.45) is 11.8 Å². The van der Waals surface area contributed by atoms with Crippen molar-refractivity contribution in [3.63, 3.8) is 0 Å². The molecular weight excluding hydrogens is 702 g/mol. The summed E-state index contributed by atoms with van der Waals surface area (Å²) in [5.74, 6) is -7.88. The number of para-hydroxylation sites is 2. The monoisotopic (exact) mass is 743 g/mol. The van der Waals surface area contributed by atoms with Gasteiger partial charge in [0, 0.05) is 12.6 Å². The fourth-order valence-corrected chi connectivity index (χ4v) is 6.51. The number of hydrogen-bond acceptors (Lipinski definition) is 12. The zero-order valence-corrected chi connectivity index (χ0v) is 30.7. The average Bonchev–Trinajstić information content (AvgIpc) is 3.16. The van der Waals surface area contributed by atoms with Gasteiger partial charge in [-0.3, -0.25) is 24.0 Å². The second-order valence-corrected chi connectivity index (χ2v) is 12.6. The molecule has 6 rings (SSSR count). The lowest BCUT2D eigenvalue weighted by Gasteiger charge is -2.65. The Kier molecular flexibility index (Phi) is 12.4. The van der Waals surface area contributed by atoms with E-state index in [-0.39, 0.29) is 34.3 Å². The van der Waals surface area contributed by atoms with Crippen LogP contribution >= 0.6 is 0 Å². The van der Waals surface area contributed by atoms with Gasteiger partial charge >= 0.3 is 11.9 Å². The second-order valence-electron chi connectivity index (χ2n) is 12.6. The molecule has 3 aromatic carbocycles. The summed E-state index contributed by atoms with van der Waals surface area (Å²) in [6.45, 7) is 5.75. The Hall–Kier alpha value is -6.38. The third-order valence-electron chi connectivity index (χ3n) is 8.92. The van der Waals surface area contributed by atoms with Crippen molar-refractivity contribution in [1.82, 2.24) is 16.0 Å². The fraction of sp³-hybridized carbons (Fsp3) is 0.333. The van der Waals surface area contributed by atoms with E-state index in [1.807, 2.05) is 18.2 Å². The minimum atomic E-state index is -2.45. The van der Waals surface area contributed by atoms with Gasteiger partial charge in [-0.1, -0.05) is 42.5 Å². The van der Waals surface area contributed by atoms with Crippen molar-refractivity contribution in [3.8, 4) is 11.5 Å². The van der Waals surface area contributed by atoms with Gasteiger partial charge in [0.1, 0.15) is 29.4 Å². The van der Waals surface area contributed by atoms with Gasteiger partial charge in [0.05, 0.1) is 37.2 Å². The Labute approximate surface area is 311 Å². The minimum absolute atomic E-state index is 0.0221. The molecule has 15 heteroatoms. The molecule has 0 unspecified atom stereocenters. The van der Waals surface area contributed by atoms with E-state index in [2.05, 4.69) is 16.0 Å². The van der Waals surface area contributed by atoms with Crippen LogP contribution in [-0.4, -0.2) is 91.6 Å². The zero-order valence-electron chi connectivity index (χ0n) is 30.7. The van der Waals surface area contributed by atoms with Gasteiger partial charge in [-0.05, 0) is 64.1 Å². The van der Waals surface area contributed by atoms with Crippen LogP contribution in [0.1, 0.15) is 58.8 Å². The molecule has 0 aromatic heterocycles. The molecule has 3 amide bonds. The highest BCUT2D eigenvalue weighted by Gasteiger charge is 2.89. The molecule has 6 atom stereocenters. The number of hydrogen-bond donors (Lipinski definition) is 3. The highest BCUT2D eigenvalue weighted by molar-refractivity contribution is 6.21. The standard InChI is InChI=1S/C28H26N2O10.C8H9NO.C3H6O/c1-13(23(33)37-3)29-25(35)27-19(21(31)15-9-5-7-11-17(15)39-27)20-22(32)16-10-6-8-12-18(16)40-28(20,27)26(36)30-14(2)24(34)38-4;1-9-8(10)7-5-3-2-4-6-7;1-3(2)4/h5-14,19-20H,1-4H3,(H,29,35)(H,30,36);2-6H,1H3,(H,9,10);1-2H3/t13-,14-,19+,20+,27+,28+;;/m0../s1. The Morgan fingerprint density at radius 1 is 0.630 bits per heavy atom. The summed E-state index contributed by atoms with van der Waals surface area (Å²) < 4.78 is 21.9. The lowest BCUT2D eigenvalue weighted by Crippen LogP contribution is -2.92. The predicted octanol–water partition coefficient (Wildman–Crippen LogP) is 2.26. The lowest BCUT2D eigenvalue weighted by molar-refractivity contribution is -0.240. The quantitative estimate of drug-likeness (QED) is 0.298. The summed E-state index contributed by atoms with van der Waals surface area (Å²) in [7, 11) is 3.88. The van der Waals surface area contributed by atoms with E-state index in [1.54, 1.807) is 43.4 Å². The molecule has 1 aliphatic carbocycles. The molecule has 3 aromatic rings. The van der Waals surface area contributed by atoms with E-state index in [4.69, 9.17) is 18.9 Å². The largest absolute Gasteiger partial charge is 0.471 e. The van der Waals surface area contributed by atoms with E-state index in [9.17, 15) is 38.4 Å². The number of ketones is 3. The fourth-order valence-electron chi connectivity index (χ4n) is 6.51. The molecule has 284 valence electrons. The van der Waals surface area contributed by atoms with Gasteiger partial charge in [-0.2, -0.15) is 0 Å². The Bertz CT molecular complexity index is 1870. The van der Waals surface area contributed by atoms with Gasteiger partial charge in [-0.15, -0.1) is 0 Å². The first-order valence-corrected chi connectivity index (χ1v) is 16.8. The molecule has 0 spiro atoms. The smallest absolute Gasteiger partial charge is 0.328 e. The molecule has 0 radical (unpaired) electrons. The van der Waals surface area contributed by atoms with Crippen molar-refractivity contribution in [2.75, 3.05) is 21.3 Å². The maximum Gasteiger partial charge on any atom is 0.328 e. The number of esters is 2. The van der Waals surface area contributed by atoms with E-state index >= 15 is 0 Å². The minimum Gasteiger partial charge on any atom is -0.471 e. The van der Waals surface area contributed by atoms with Crippen LogP contribution in [0.25, 0.3) is 0 Å². The summed E-state index contributed by atoms with van der Waals surface area (Å²) in [6, 6.07) is 18.9. The Morgan fingerprint density at radius 2 is 0.981 bits per heavy atom. The molecule has 1 saturated carbocycles. The maximum absolute atomic E-state index is 14.2. The van der Waals surface area contributed by atoms with Gasteiger partial charge in [0.2, 0.25) is 11.2 Å². The molecule has 1 fully saturated rings. The molecule has 0 bridgehead atoms. The summed E-state index contributed by atoms with van der Waals surface area (Å²) in [6.07, 6.45) is 0. The number of ether oxygens (including phenoxy) is 4. The normalized spacial score (nSPS) is 22.1. The summed E-state index contributed by atoms with van der Waals surface area (Å²) in [5, 5.41) is 7.46. The van der Waals surface area contributed by atoms with E-state index in [0.29, 0.717) is 5.56 Å². The lowest BCUT2D eigenvalue weighted by atomic mass is 9.44. The Balaban J connectivity index is 0.000000391. The summed E-state index contributed by atoms with van der Waals surface area (Å²) in [4.78, 5) is 101. The van der Waals surface area contributed by atoms with Gasteiger partial charge in [-0.25, -0.2) is 9.59 Å². The molecule has 54 heavy (non-hydrogen) atoms. The topological polar surface area (TPSA) is 210 Å². The third-order valence-corrected chi connectivity index (χ3v) is 8.92. The maximum atomic E-state index is 14.2. The number of rotatable bonds is 7. The van der Waals surface area contributed by atoms with Crippen LogP contribution in [0.15, 0.2) is 78.9 Å². The summed E-state index contributed by atoms with van der Waals surface area (Å²) >= 11 is 0. The average molecular weight is 744 g/mol. The van der Waals surface area contributed by atoms with Crippen molar-refractivity contribution >= 4 is 47.0 Å². The van der Waals surface area contributed by atoms with Crippen LogP contribution in [0.4, 0.5) is 0 Å².